The van der Waals surface area contributed by atoms with Gasteiger partial charge in [0.2, 0.25) is 0 Å². The standard InChI is InChI=1S/C8H6BrF4N/c9-5-1-4(10)2-6(11)8(5)14-3-7(12)13/h1-2,7,14H,3H2. The lowest BCUT2D eigenvalue weighted by Gasteiger charge is -2.08. The number of alkyl halides is 2. The van der Waals surface area contributed by atoms with Gasteiger partial charge in [-0.25, -0.2) is 17.6 Å². The third-order valence-corrected chi connectivity index (χ3v) is 2.07. The monoisotopic (exact) mass is 271 g/mol. The van der Waals surface area contributed by atoms with Crippen molar-refractivity contribution in [2.45, 2.75) is 6.43 Å². The molecule has 0 radical (unpaired) electrons. The lowest BCUT2D eigenvalue weighted by Crippen LogP contribution is -2.11. The van der Waals surface area contributed by atoms with E-state index in [4.69, 9.17) is 0 Å². The van der Waals surface area contributed by atoms with E-state index in [1.54, 1.807) is 0 Å². The second-order valence-electron chi connectivity index (χ2n) is 2.52. The molecule has 0 spiro atoms. The van der Waals surface area contributed by atoms with E-state index < -0.39 is 24.6 Å². The van der Waals surface area contributed by atoms with Crippen LogP contribution >= 0.6 is 15.9 Å². The third kappa shape index (κ3) is 2.87. The normalized spacial score (nSPS) is 10.7. The second kappa shape index (κ2) is 4.63. The van der Waals surface area contributed by atoms with E-state index in [1.165, 1.54) is 0 Å². The molecule has 1 N–H and O–H groups in total. The molecule has 14 heavy (non-hydrogen) atoms. The summed E-state index contributed by atoms with van der Waals surface area (Å²) in [5, 5.41) is 2.17. The highest BCUT2D eigenvalue weighted by Gasteiger charge is 2.11. The van der Waals surface area contributed by atoms with E-state index in [1.807, 2.05) is 0 Å². The molecule has 0 saturated carbocycles. The fourth-order valence-electron chi connectivity index (χ4n) is 0.890. The van der Waals surface area contributed by atoms with Crippen molar-refractivity contribution in [2.24, 2.45) is 0 Å². The molecule has 1 aromatic rings. The van der Waals surface area contributed by atoms with Crippen molar-refractivity contribution in [3.63, 3.8) is 0 Å². The highest BCUT2D eigenvalue weighted by molar-refractivity contribution is 9.10. The number of hydrogen-bond donors (Lipinski definition) is 1. The Kier molecular flexibility index (Phi) is 3.74. The van der Waals surface area contributed by atoms with Crippen molar-refractivity contribution in [1.82, 2.24) is 0 Å². The summed E-state index contributed by atoms with van der Waals surface area (Å²) in [7, 11) is 0. The minimum atomic E-state index is -2.59. The molecule has 78 valence electrons. The van der Waals surface area contributed by atoms with Gasteiger partial charge in [-0.15, -0.1) is 0 Å². The molecule has 0 aliphatic heterocycles. The lowest BCUT2D eigenvalue weighted by molar-refractivity contribution is 0.163. The van der Waals surface area contributed by atoms with Gasteiger partial charge in [-0.05, 0) is 22.0 Å². The second-order valence-corrected chi connectivity index (χ2v) is 3.37. The summed E-state index contributed by atoms with van der Waals surface area (Å²) < 4.78 is 49.2. The minimum absolute atomic E-state index is 0.0793. The van der Waals surface area contributed by atoms with E-state index in [0.29, 0.717) is 6.07 Å². The zero-order chi connectivity index (χ0) is 10.7. The molecule has 0 saturated heterocycles. The zero-order valence-electron chi connectivity index (χ0n) is 6.83. The average molecular weight is 272 g/mol. The third-order valence-electron chi connectivity index (χ3n) is 1.44. The van der Waals surface area contributed by atoms with Crippen molar-refractivity contribution < 1.29 is 17.6 Å². The van der Waals surface area contributed by atoms with Crippen LogP contribution in [-0.2, 0) is 0 Å². The van der Waals surface area contributed by atoms with Crippen LogP contribution in [0.3, 0.4) is 0 Å². The molecule has 1 nitrogen and oxygen atoms in total. The number of rotatable bonds is 3. The predicted octanol–water partition coefficient (Wildman–Crippen LogP) is 3.40. The predicted molar refractivity (Wildman–Crippen MR) is 48.6 cm³/mol. The summed E-state index contributed by atoms with van der Waals surface area (Å²) >= 11 is 2.86. The molecule has 0 heterocycles. The van der Waals surface area contributed by atoms with Crippen LogP contribution in [0.25, 0.3) is 0 Å². The molecule has 0 atom stereocenters. The zero-order valence-corrected chi connectivity index (χ0v) is 8.41. The molecule has 0 amide bonds. The van der Waals surface area contributed by atoms with Gasteiger partial charge < -0.3 is 5.32 Å². The van der Waals surface area contributed by atoms with Crippen LogP contribution in [0.2, 0.25) is 0 Å². The first kappa shape index (κ1) is 11.3. The van der Waals surface area contributed by atoms with Crippen molar-refractivity contribution in [1.29, 1.82) is 0 Å². The maximum atomic E-state index is 13.0. The van der Waals surface area contributed by atoms with Crippen molar-refractivity contribution in [2.75, 3.05) is 11.9 Å². The van der Waals surface area contributed by atoms with E-state index in [-0.39, 0.29) is 10.2 Å². The number of halogens is 5. The van der Waals surface area contributed by atoms with Crippen LogP contribution in [-0.4, -0.2) is 13.0 Å². The van der Waals surface area contributed by atoms with Crippen LogP contribution in [0.1, 0.15) is 0 Å². The lowest BCUT2D eigenvalue weighted by atomic mass is 10.3. The highest BCUT2D eigenvalue weighted by Crippen LogP contribution is 2.26. The molecular formula is C8H6BrF4N. The Bertz CT molecular complexity index is 306. The summed E-state index contributed by atoms with van der Waals surface area (Å²) in [4.78, 5) is 0. The molecule has 0 aliphatic rings. The number of benzene rings is 1. The number of anilines is 1. The number of hydrogen-bond acceptors (Lipinski definition) is 1. The van der Waals surface area contributed by atoms with Gasteiger partial charge >= 0.3 is 0 Å². The smallest absolute Gasteiger partial charge is 0.255 e. The van der Waals surface area contributed by atoms with Crippen molar-refractivity contribution >= 4 is 21.6 Å². The highest BCUT2D eigenvalue weighted by atomic mass is 79.9. The van der Waals surface area contributed by atoms with Crippen LogP contribution in [0.5, 0.6) is 0 Å². The molecule has 1 aromatic carbocycles. The fourth-order valence-corrected chi connectivity index (χ4v) is 1.44. The van der Waals surface area contributed by atoms with Gasteiger partial charge in [-0.2, -0.15) is 0 Å². The maximum Gasteiger partial charge on any atom is 0.255 e. The first-order chi connectivity index (χ1) is 6.50. The van der Waals surface area contributed by atoms with E-state index >= 15 is 0 Å². The molecule has 0 aromatic heterocycles. The molecular weight excluding hydrogens is 266 g/mol. The van der Waals surface area contributed by atoms with E-state index in [9.17, 15) is 17.6 Å². The summed E-state index contributed by atoms with van der Waals surface area (Å²) in [6.45, 7) is -0.679. The first-order valence-corrected chi connectivity index (χ1v) is 4.46. The Morgan fingerprint density at radius 1 is 1.29 bits per heavy atom. The molecule has 0 bridgehead atoms. The van der Waals surface area contributed by atoms with E-state index in [0.717, 1.165) is 6.07 Å². The van der Waals surface area contributed by atoms with Gasteiger partial charge in [-0.3, -0.25) is 0 Å². The minimum Gasteiger partial charge on any atom is -0.376 e. The molecule has 1 rings (SSSR count). The Hall–Kier alpha value is -0.780. The van der Waals surface area contributed by atoms with Crippen LogP contribution < -0.4 is 5.32 Å². The number of nitrogens with one attached hydrogen (secondary N) is 1. The first-order valence-electron chi connectivity index (χ1n) is 3.67. The van der Waals surface area contributed by atoms with Crippen LogP contribution in [0, 0.1) is 11.6 Å². The average Bonchev–Trinajstić information content (AvgIpc) is 2.01. The summed E-state index contributed by atoms with van der Waals surface area (Å²) in [5.74, 6) is -1.67. The van der Waals surface area contributed by atoms with Gasteiger partial charge in [-0.1, -0.05) is 0 Å². The van der Waals surface area contributed by atoms with Gasteiger partial charge in [0.25, 0.3) is 6.43 Å². The van der Waals surface area contributed by atoms with Gasteiger partial charge in [0, 0.05) is 10.5 Å². The van der Waals surface area contributed by atoms with Crippen molar-refractivity contribution in [3.8, 4) is 0 Å². The van der Waals surface area contributed by atoms with Crippen molar-refractivity contribution in [3.05, 3.63) is 28.2 Å². The molecule has 0 unspecified atom stereocenters. The quantitative estimate of drug-likeness (QED) is 0.831. The summed E-state index contributed by atoms with van der Waals surface area (Å²) in [6.07, 6.45) is -2.59. The Labute approximate surface area is 86.2 Å². The summed E-state index contributed by atoms with van der Waals surface area (Å²) in [5.41, 5.74) is -0.160. The maximum absolute atomic E-state index is 13.0. The molecule has 0 aliphatic carbocycles. The van der Waals surface area contributed by atoms with Crippen LogP contribution in [0.4, 0.5) is 23.2 Å². The topological polar surface area (TPSA) is 12.0 Å². The van der Waals surface area contributed by atoms with E-state index in [2.05, 4.69) is 21.2 Å². The van der Waals surface area contributed by atoms with Gasteiger partial charge in [0.15, 0.2) is 0 Å². The van der Waals surface area contributed by atoms with Crippen LogP contribution in [0.15, 0.2) is 16.6 Å². The molecule has 0 fully saturated rings. The Morgan fingerprint density at radius 3 is 2.43 bits per heavy atom. The summed E-state index contributed by atoms with van der Waals surface area (Å²) in [6, 6.07) is 1.62. The fraction of sp³-hybridized carbons (Fsp3) is 0.250. The van der Waals surface area contributed by atoms with Gasteiger partial charge in [0.05, 0.1) is 12.2 Å². The largest absolute Gasteiger partial charge is 0.376 e. The molecule has 6 heteroatoms. The SMILES string of the molecule is Fc1cc(F)c(NCC(F)F)c(Br)c1. The Balaban J connectivity index is 2.86. The van der Waals surface area contributed by atoms with Gasteiger partial charge in [0.1, 0.15) is 11.6 Å². The Morgan fingerprint density at radius 2 is 1.93 bits per heavy atom.